The van der Waals surface area contributed by atoms with Gasteiger partial charge in [-0.15, -0.1) is 0 Å². The predicted octanol–water partition coefficient (Wildman–Crippen LogP) is 1.87. The van der Waals surface area contributed by atoms with Crippen LogP contribution in [-0.4, -0.2) is 35.1 Å². The number of benzene rings is 2. The lowest BCUT2D eigenvalue weighted by Crippen LogP contribution is -2.41. The van der Waals surface area contributed by atoms with Crippen molar-refractivity contribution in [3.8, 4) is 11.5 Å². The zero-order valence-electron chi connectivity index (χ0n) is 14.9. The second-order valence-corrected chi connectivity index (χ2v) is 6.34. The first-order valence-electron chi connectivity index (χ1n) is 8.24. The topological polar surface area (TPSA) is 82.7 Å². The van der Waals surface area contributed by atoms with Crippen LogP contribution in [0.25, 0.3) is 10.9 Å². The van der Waals surface area contributed by atoms with Crippen LogP contribution in [0.3, 0.4) is 0 Å². The van der Waals surface area contributed by atoms with Crippen LogP contribution in [0.5, 0.6) is 11.5 Å². The van der Waals surface area contributed by atoms with Gasteiger partial charge in [-0.2, -0.15) is 0 Å². The molecule has 1 heterocycles. The normalized spacial score (nSPS) is 11.0. The molecule has 27 heavy (non-hydrogen) atoms. The van der Waals surface area contributed by atoms with E-state index in [1.165, 1.54) is 18.8 Å². The second-order valence-electron chi connectivity index (χ2n) is 5.90. The van der Waals surface area contributed by atoms with E-state index in [9.17, 15) is 14.7 Å². The van der Waals surface area contributed by atoms with Crippen molar-refractivity contribution in [2.45, 2.75) is 13.1 Å². The molecule has 7 nitrogen and oxygen atoms in total. The Morgan fingerprint density at radius 1 is 1.00 bits per heavy atom. The number of methoxy groups -OCH3 is 2. The van der Waals surface area contributed by atoms with Gasteiger partial charge in [0.25, 0.3) is 5.56 Å². The van der Waals surface area contributed by atoms with Crippen molar-refractivity contribution in [1.82, 2.24) is 9.13 Å². The number of aromatic nitrogens is 2. The number of nitrogens with zero attached hydrogens (tertiary/aromatic N) is 2. The highest BCUT2D eigenvalue weighted by Gasteiger charge is 2.17. The van der Waals surface area contributed by atoms with Crippen molar-refractivity contribution in [3.63, 3.8) is 0 Å². The van der Waals surface area contributed by atoms with Gasteiger partial charge in [0.2, 0.25) is 0 Å². The number of hydrogen-bond donors (Lipinski definition) is 1. The SMILES string of the molecule is COc1cc2c(=O)n(CCO)c(=O)n(Cc3ccc(Cl)cc3)c2cc1OC. The minimum absolute atomic E-state index is 0.0947. The van der Waals surface area contributed by atoms with Crippen LogP contribution < -0.4 is 20.7 Å². The molecule has 0 fully saturated rings. The summed E-state index contributed by atoms with van der Waals surface area (Å²) in [6, 6.07) is 10.2. The lowest BCUT2D eigenvalue weighted by atomic mass is 10.2. The molecule has 0 radical (unpaired) electrons. The van der Waals surface area contributed by atoms with Gasteiger partial charge >= 0.3 is 5.69 Å². The highest BCUT2D eigenvalue weighted by Crippen LogP contribution is 2.30. The molecule has 0 saturated carbocycles. The van der Waals surface area contributed by atoms with E-state index in [1.807, 2.05) is 12.1 Å². The lowest BCUT2D eigenvalue weighted by molar-refractivity contribution is 0.270. The minimum atomic E-state index is -0.510. The number of fused-ring (bicyclic) bond motifs is 1. The van der Waals surface area contributed by atoms with E-state index >= 15 is 0 Å². The first kappa shape index (κ1) is 19.0. The highest BCUT2D eigenvalue weighted by atomic mass is 35.5. The molecule has 0 aliphatic carbocycles. The van der Waals surface area contributed by atoms with Crippen molar-refractivity contribution < 1.29 is 14.6 Å². The van der Waals surface area contributed by atoms with Crippen LogP contribution in [0.15, 0.2) is 46.0 Å². The number of aliphatic hydroxyl groups excluding tert-OH is 1. The lowest BCUT2D eigenvalue weighted by Gasteiger charge is -2.16. The monoisotopic (exact) mass is 390 g/mol. The number of ether oxygens (including phenoxy) is 2. The van der Waals surface area contributed by atoms with Crippen molar-refractivity contribution in [3.05, 3.63) is 67.8 Å². The first-order chi connectivity index (χ1) is 13.0. The van der Waals surface area contributed by atoms with Gasteiger partial charge in [-0.25, -0.2) is 4.79 Å². The van der Waals surface area contributed by atoms with Crippen LogP contribution in [0.2, 0.25) is 5.02 Å². The Morgan fingerprint density at radius 3 is 2.22 bits per heavy atom. The summed E-state index contributed by atoms with van der Waals surface area (Å²) in [6.45, 7) is -0.189. The first-order valence-corrected chi connectivity index (χ1v) is 8.62. The average Bonchev–Trinajstić information content (AvgIpc) is 2.68. The highest BCUT2D eigenvalue weighted by molar-refractivity contribution is 6.30. The molecule has 3 rings (SSSR count). The fourth-order valence-corrected chi connectivity index (χ4v) is 3.09. The number of rotatable bonds is 6. The summed E-state index contributed by atoms with van der Waals surface area (Å²) in [5.41, 5.74) is 0.264. The van der Waals surface area contributed by atoms with Gasteiger partial charge in [-0.1, -0.05) is 23.7 Å². The van der Waals surface area contributed by atoms with Crippen LogP contribution in [0.1, 0.15) is 5.56 Å². The molecule has 0 bridgehead atoms. The summed E-state index contributed by atoms with van der Waals surface area (Å²) in [4.78, 5) is 25.7. The van der Waals surface area contributed by atoms with Crippen molar-refractivity contribution in [2.24, 2.45) is 0 Å². The molecule has 0 atom stereocenters. The Hall–Kier alpha value is -2.77. The van der Waals surface area contributed by atoms with Gasteiger partial charge in [0.1, 0.15) is 0 Å². The molecule has 2 aromatic carbocycles. The zero-order chi connectivity index (χ0) is 19.6. The maximum atomic E-state index is 12.9. The predicted molar refractivity (Wildman–Crippen MR) is 103 cm³/mol. The molecular formula is C19H19ClN2O5. The van der Waals surface area contributed by atoms with Gasteiger partial charge in [0, 0.05) is 11.1 Å². The van der Waals surface area contributed by atoms with Crippen molar-refractivity contribution in [2.75, 3.05) is 20.8 Å². The molecule has 0 unspecified atom stereocenters. The Bertz CT molecular complexity index is 1090. The Balaban J connectivity index is 2.33. The second kappa shape index (κ2) is 7.85. The molecule has 142 valence electrons. The average molecular weight is 391 g/mol. The molecule has 0 saturated heterocycles. The standard InChI is InChI=1S/C19H19ClN2O5/c1-26-16-9-14-15(10-17(16)27-2)22(11-12-3-5-13(20)6-4-12)19(25)21(7-8-23)18(14)24/h3-6,9-10,23H,7-8,11H2,1-2H3. The van der Waals surface area contributed by atoms with Crippen LogP contribution in [-0.2, 0) is 13.1 Å². The molecule has 0 aliphatic heterocycles. The summed E-state index contributed by atoms with van der Waals surface area (Å²) < 4.78 is 13.1. The maximum absolute atomic E-state index is 12.9. The molecule has 1 aromatic heterocycles. The molecule has 0 amide bonds. The summed E-state index contributed by atoms with van der Waals surface area (Å²) in [5.74, 6) is 0.794. The van der Waals surface area contributed by atoms with E-state index in [0.717, 1.165) is 10.1 Å². The summed E-state index contributed by atoms with van der Waals surface area (Å²) in [7, 11) is 2.96. The fraction of sp³-hybridized carbons (Fsp3) is 0.263. The molecule has 3 aromatic rings. The Kier molecular flexibility index (Phi) is 5.53. The molecule has 8 heteroatoms. The van der Waals surface area contributed by atoms with Crippen LogP contribution >= 0.6 is 11.6 Å². The van der Waals surface area contributed by atoms with Crippen molar-refractivity contribution >= 4 is 22.5 Å². The van der Waals surface area contributed by atoms with E-state index in [0.29, 0.717) is 27.4 Å². The zero-order valence-corrected chi connectivity index (χ0v) is 15.7. The third-order valence-electron chi connectivity index (χ3n) is 4.31. The quantitative estimate of drug-likeness (QED) is 0.694. The van der Waals surface area contributed by atoms with Gasteiger partial charge in [0.15, 0.2) is 11.5 Å². The van der Waals surface area contributed by atoms with E-state index < -0.39 is 11.2 Å². The van der Waals surface area contributed by atoms with Gasteiger partial charge in [-0.3, -0.25) is 13.9 Å². The van der Waals surface area contributed by atoms with Gasteiger partial charge in [0.05, 0.1) is 44.8 Å². The maximum Gasteiger partial charge on any atom is 0.331 e. The third kappa shape index (κ3) is 3.56. The molecule has 0 aliphatic rings. The number of aliphatic hydroxyl groups is 1. The van der Waals surface area contributed by atoms with Gasteiger partial charge in [-0.05, 0) is 23.8 Å². The fourth-order valence-electron chi connectivity index (χ4n) is 2.97. The van der Waals surface area contributed by atoms with E-state index in [4.69, 9.17) is 21.1 Å². The summed E-state index contributed by atoms with van der Waals surface area (Å²) in [5, 5.41) is 10.2. The van der Waals surface area contributed by atoms with E-state index in [-0.39, 0.29) is 19.7 Å². The molecular weight excluding hydrogens is 372 g/mol. The van der Waals surface area contributed by atoms with Crippen molar-refractivity contribution in [1.29, 1.82) is 0 Å². The van der Waals surface area contributed by atoms with E-state index in [2.05, 4.69) is 0 Å². The molecule has 1 N–H and O–H groups in total. The summed E-state index contributed by atoms with van der Waals surface area (Å²) >= 11 is 5.93. The Labute approximate surface area is 160 Å². The van der Waals surface area contributed by atoms with Gasteiger partial charge < -0.3 is 14.6 Å². The largest absolute Gasteiger partial charge is 0.493 e. The minimum Gasteiger partial charge on any atom is -0.493 e. The summed E-state index contributed by atoms with van der Waals surface area (Å²) in [6.07, 6.45) is 0. The van der Waals surface area contributed by atoms with Crippen LogP contribution in [0.4, 0.5) is 0 Å². The smallest absolute Gasteiger partial charge is 0.331 e. The molecule has 0 spiro atoms. The number of halogens is 1. The number of hydrogen-bond acceptors (Lipinski definition) is 5. The Morgan fingerprint density at radius 2 is 1.63 bits per heavy atom. The third-order valence-corrected chi connectivity index (χ3v) is 4.56. The van der Waals surface area contributed by atoms with E-state index in [1.54, 1.807) is 24.3 Å². The van der Waals surface area contributed by atoms with Crippen LogP contribution in [0, 0.1) is 0 Å².